The third-order valence-electron chi connectivity index (χ3n) is 5.87. The van der Waals surface area contributed by atoms with Crippen molar-refractivity contribution in [2.24, 2.45) is 0 Å². The van der Waals surface area contributed by atoms with Crippen LogP contribution in [0, 0.1) is 5.82 Å². The number of ether oxygens (including phenoxy) is 1. The monoisotopic (exact) mass is 609 g/mol. The minimum absolute atomic E-state index is 0.0880. The molecule has 1 aliphatic heterocycles. The highest BCUT2D eigenvalue weighted by molar-refractivity contribution is 7.92. The number of nitrogens with one attached hydrogen (secondary N) is 2. The number of sulfonamides is 1. The van der Waals surface area contributed by atoms with Gasteiger partial charge in [-0.15, -0.1) is 0 Å². The molecule has 0 spiro atoms. The molecule has 0 aliphatic carbocycles. The van der Waals surface area contributed by atoms with E-state index in [0.29, 0.717) is 5.56 Å². The van der Waals surface area contributed by atoms with Crippen LogP contribution in [0.3, 0.4) is 0 Å². The number of carboxylic acid groups (broad SMARTS) is 1. The Bertz CT molecular complexity index is 1680. The molecule has 0 radical (unpaired) electrons. The number of carbonyl (C=O) groups is 1. The SMILES string of the molecule is COc1ncc(-c2ccc3ncnc(N4CCNCC4)c3c2)cc1NS(=O)(=O)c1ccc(F)cn1.O=C(O)C(F)(F)F. The summed E-state index contributed by atoms with van der Waals surface area (Å²) in [6.45, 7) is 3.42. The summed E-state index contributed by atoms with van der Waals surface area (Å²) in [6, 6.07) is 9.50. The number of aliphatic carboxylic acids is 1. The van der Waals surface area contributed by atoms with Gasteiger partial charge in [-0.2, -0.15) is 21.6 Å². The molecule has 0 amide bonds. The van der Waals surface area contributed by atoms with Crippen molar-refractivity contribution in [3.05, 3.63) is 60.9 Å². The second-order valence-electron chi connectivity index (χ2n) is 8.67. The predicted octanol–water partition coefficient (Wildman–Crippen LogP) is 3.08. The number of carboxylic acids is 1. The Labute approximate surface area is 236 Å². The first kappa shape index (κ1) is 30.3. The van der Waals surface area contributed by atoms with Crippen molar-refractivity contribution in [1.29, 1.82) is 0 Å². The van der Waals surface area contributed by atoms with Crippen LogP contribution in [0.2, 0.25) is 0 Å². The van der Waals surface area contributed by atoms with Crippen LogP contribution in [-0.2, 0) is 14.8 Å². The standard InChI is InChI=1S/C23H22FN7O3S.C2HF3O2/c1-34-23-20(30-35(32,33)21-5-3-17(24)13-26-21)11-16(12-27-23)15-2-4-19-18(10-15)22(29-14-28-19)31-8-6-25-7-9-31;3-2(4,5)1(6)7/h2-5,10-14,25,30H,6-9H2,1H3;(H,6,7). The summed E-state index contributed by atoms with van der Waals surface area (Å²) in [7, 11) is -2.71. The Balaban J connectivity index is 0.000000517. The number of halogens is 4. The molecule has 1 fully saturated rings. The summed E-state index contributed by atoms with van der Waals surface area (Å²) in [5, 5.41) is 11.0. The first-order chi connectivity index (χ1) is 19.9. The number of benzene rings is 1. The largest absolute Gasteiger partial charge is 0.490 e. The van der Waals surface area contributed by atoms with Crippen molar-refractivity contribution in [2.75, 3.05) is 42.9 Å². The van der Waals surface area contributed by atoms with Crippen LogP contribution in [0.15, 0.2) is 60.1 Å². The molecule has 3 N–H and O–H groups in total. The fraction of sp³-hybridized carbons (Fsp3) is 0.240. The van der Waals surface area contributed by atoms with Gasteiger partial charge in [0, 0.05) is 43.3 Å². The minimum atomic E-state index is -5.08. The van der Waals surface area contributed by atoms with E-state index in [1.165, 1.54) is 7.11 Å². The van der Waals surface area contributed by atoms with Gasteiger partial charge in [-0.3, -0.25) is 4.72 Å². The lowest BCUT2D eigenvalue weighted by molar-refractivity contribution is -0.192. The molecule has 0 bridgehead atoms. The van der Waals surface area contributed by atoms with Gasteiger partial charge in [-0.05, 0) is 35.9 Å². The Kier molecular flexibility index (Phi) is 9.01. The van der Waals surface area contributed by atoms with Crippen molar-refractivity contribution in [2.45, 2.75) is 11.2 Å². The van der Waals surface area contributed by atoms with Gasteiger partial charge in [0.25, 0.3) is 10.0 Å². The second kappa shape index (κ2) is 12.5. The highest BCUT2D eigenvalue weighted by Crippen LogP contribution is 2.33. The summed E-state index contributed by atoms with van der Waals surface area (Å²) in [6.07, 6.45) is -1.08. The van der Waals surface area contributed by atoms with Crippen LogP contribution < -0.4 is 19.7 Å². The van der Waals surface area contributed by atoms with Gasteiger partial charge in [0.1, 0.15) is 23.6 Å². The van der Waals surface area contributed by atoms with Crippen LogP contribution in [0.1, 0.15) is 0 Å². The molecule has 3 aromatic heterocycles. The molecule has 12 nitrogen and oxygen atoms in total. The first-order valence-corrected chi connectivity index (χ1v) is 13.6. The Morgan fingerprint density at radius 2 is 1.74 bits per heavy atom. The number of alkyl halides is 3. The molecule has 1 aromatic carbocycles. The molecule has 1 aliphatic rings. The van der Waals surface area contributed by atoms with Crippen molar-refractivity contribution in [1.82, 2.24) is 25.3 Å². The van der Waals surface area contributed by atoms with Gasteiger partial charge in [0.15, 0.2) is 5.03 Å². The number of fused-ring (bicyclic) bond motifs is 1. The van der Waals surface area contributed by atoms with E-state index in [1.807, 2.05) is 18.2 Å². The zero-order valence-corrected chi connectivity index (χ0v) is 22.6. The molecule has 1 saturated heterocycles. The number of pyridine rings is 2. The maximum Gasteiger partial charge on any atom is 0.490 e. The van der Waals surface area contributed by atoms with Crippen LogP contribution >= 0.6 is 0 Å². The Morgan fingerprint density at radius 3 is 2.36 bits per heavy atom. The van der Waals surface area contributed by atoms with Crippen molar-refractivity contribution in [3.63, 3.8) is 0 Å². The molecule has 4 aromatic rings. The van der Waals surface area contributed by atoms with Crippen molar-refractivity contribution < 1.29 is 40.6 Å². The van der Waals surface area contributed by atoms with E-state index in [0.717, 1.165) is 66.8 Å². The molecule has 0 unspecified atom stereocenters. The summed E-state index contributed by atoms with van der Waals surface area (Å²) >= 11 is 0. The summed E-state index contributed by atoms with van der Waals surface area (Å²) in [5.41, 5.74) is 2.40. The van der Waals surface area contributed by atoms with Crippen molar-refractivity contribution >= 4 is 38.4 Å². The van der Waals surface area contributed by atoms with Gasteiger partial charge in [0.05, 0.1) is 18.8 Å². The smallest absolute Gasteiger partial charge is 0.480 e. The Hall–Kier alpha value is -4.64. The molecule has 4 heterocycles. The lowest BCUT2D eigenvalue weighted by Crippen LogP contribution is -2.44. The number of hydrogen-bond donors (Lipinski definition) is 3. The fourth-order valence-corrected chi connectivity index (χ4v) is 4.89. The number of piperazine rings is 1. The van der Waals surface area contributed by atoms with E-state index in [1.54, 1.807) is 18.6 Å². The van der Waals surface area contributed by atoms with Crippen LogP contribution in [0.25, 0.3) is 22.0 Å². The molecule has 42 heavy (non-hydrogen) atoms. The number of anilines is 2. The molecule has 17 heteroatoms. The second-order valence-corrected chi connectivity index (χ2v) is 10.3. The number of methoxy groups -OCH3 is 1. The molecular formula is C25H23F4N7O5S. The number of aromatic nitrogens is 4. The van der Waals surface area contributed by atoms with Gasteiger partial charge >= 0.3 is 12.1 Å². The molecular weight excluding hydrogens is 586 g/mol. The van der Waals surface area contributed by atoms with E-state index in [9.17, 15) is 26.0 Å². The lowest BCUT2D eigenvalue weighted by atomic mass is 10.0. The van der Waals surface area contributed by atoms with Gasteiger partial charge in [-0.1, -0.05) is 6.07 Å². The Morgan fingerprint density at radius 1 is 1.02 bits per heavy atom. The van der Waals surface area contributed by atoms with E-state index >= 15 is 0 Å². The van der Waals surface area contributed by atoms with E-state index in [-0.39, 0.29) is 16.6 Å². The highest BCUT2D eigenvalue weighted by Gasteiger charge is 2.38. The van der Waals surface area contributed by atoms with Gasteiger partial charge in [0.2, 0.25) is 5.88 Å². The van der Waals surface area contributed by atoms with E-state index < -0.39 is 28.0 Å². The zero-order chi connectivity index (χ0) is 30.5. The maximum absolute atomic E-state index is 13.2. The maximum atomic E-state index is 13.2. The summed E-state index contributed by atoms with van der Waals surface area (Å²) in [5.74, 6) is -2.45. The van der Waals surface area contributed by atoms with Gasteiger partial charge < -0.3 is 20.1 Å². The lowest BCUT2D eigenvalue weighted by Gasteiger charge is -2.29. The van der Waals surface area contributed by atoms with Crippen LogP contribution in [0.5, 0.6) is 5.88 Å². The number of hydrogen-bond acceptors (Lipinski definition) is 10. The normalized spacial score (nSPS) is 13.7. The number of nitrogens with zero attached hydrogens (tertiary/aromatic N) is 5. The first-order valence-electron chi connectivity index (χ1n) is 12.1. The average molecular weight is 610 g/mol. The van der Waals surface area contributed by atoms with Crippen molar-refractivity contribution in [3.8, 4) is 17.0 Å². The predicted molar refractivity (Wildman–Crippen MR) is 143 cm³/mol. The molecule has 222 valence electrons. The number of rotatable bonds is 6. The fourth-order valence-electron chi connectivity index (χ4n) is 3.92. The average Bonchev–Trinajstić information content (AvgIpc) is 2.97. The third kappa shape index (κ3) is 7.16. The van der Waals surface area contributed by atoms with E-state index in [4.69, 9.17) is 14.6 Å². The van der Waals surface area contributed by atoms with Crippen LogP contribution in [-0.4, -0.2) is 78.9 Å². The highest BCUT2D eigenvalue weighted by atomic mass is 32.2. The zero-order valence-electron chi connectivity index (χ0n) is 21.8. The quantitative estimate of drug-likeness (QED) is 0.276. The topological polar surface area (TPSA) is 160 Å². The van der Waals surface area contributed by atoms with Gasteiger partial charge in [-0.25, -0.2) is 29.1 Å². The molecule has 0 saturated carbocycles. The molecule has 0 atom stereocenters. The summed E-state index contributed by atoms with van der Waals surface area (Å²) in [4.78, 5) is 28.0. The van der Waals surface area contributed by atoms with E-state index in [2.05, 4.69) is 34.9 Å². The summed E-state index contributed by atoms with van der Waals surface area (Å²) < 4.78 is 78.3. The minimum Gasteiger partial charge on any atom is -0.480 e. The van der Waals surface area contributed by atoms with Crippen LogP contribution in [0.4, 0.5) is 29.1 Å². The molecule has 5 rings (SSSR count). The third-order valence-corrected chi connectivity index (χ3v) is 7.15.